The van der Waals surface area contributed by atoms with Gasteiger partial charge in [0.15, 0.2) is 11.5 Å². The molecule has 0 amide bonds. The molecule has 2 aliphatic carbocycles. The van der Waals surface area contributed by atoms with Crippen LogP contribution in [0.4, 0.5) is 0 Å². The first-order valence-electron chi connectivity index (χ1n) is 7.69. The van der Waals surface area contributed by atoms with Crippen LogP contribution in [0.5, 0.6) is 11.5 Å². The molecular weight excluding hydrogens is 330 g/mol. The Morgan fingerprint density at radius 2 is 2.14 bits per heavy atom. The summed E-state index contributed by atoms with van der Waals surface area (Å²) in [5.41, 5.74) is 1.22. The molecule has 0 aliphatic heterocycles. The van der Waals surface area contributed by atoms with Crippen LogP contribution in [0, 0.1) is 0 Å². The lowest BCUT2D eigenvalue weighted by atomic mass is 10.1. The Balaban J connectivity index is 1.74. The van der Waals surface area contributed by atoms with E-state index in [9.17, 15) is 0 Å². The summed E-state index contributed by atoms with van der Waals surface area (Å²) >= 11 is 3.63. The quantitative estimate of drug-likeness (QED) is 0.779. The lowest BCUT2D eigenvalue weighted by Gasteiger charge is -2.21. The normalized spacial score (nSPS) is 21.3. The van der Waals surface area contributed by atoms with Crippen molar-refractivity contribution in [1.82, 2.24) is 5.32 Å². The zero-order chi connectivity index (χ0) is 14.7. The molecular formula is C17H22BrNO2. The average Bonchev–Trinajstić information content (AvgIpc) is 3.32. The molecule has 2 aliphatic rings. The Hall–Kier alpha value is -1.00. The predicted molar refractivity (Wildman–Crippen MR) is 88.0 cm³/mol. The molecule has 0 bridgehead atoms. The number of methoxy groups -OCH3 is 1. The molecule has 1 aromatic carbocycles. The molecule has 0 saturated heterocycles. The molecule has 1 atom stereocenters. The van der Waals surface area contributed by atoms with Gasteiger partial charge in [0.1, 0.15) is 6.10 Å². The van der Waals surface area contributed by atoms with Crippen molar-refractivity contribution in [3.05, 3.63) is 34.3 Å². The molecule has 1 saturated carbocycles. The minimum Gasteiger partial charge on any atom is -0.493 e. The van der Waals surface area contributed by atoms with Gasteiger partial charge in [-0.1, -0.05) is 6.08 Å². The Kier molecular flexibility index (Phi) is 4.86. The zero-order valence-corrected chi connectivity index (χ0v) is 14.0. The van der Waals surface area contributed by atoms with Gasteiger partial charge in [-0.05, 0) is 71.8 Å². The van der Waals surface area contributed by atoms with Gasteiger partial charge in [0, 0.05) is 12.6 Å². The summed E-state index contributed by atoms with van der Waals surface area (Å²) in [7, 11) is 1.70. The largest absolute Gasteiger partial charge is 0.493 e. The maximum atomic E-state index is 6.12. The van der Waals surface area contributed by atoms with E-state index < -0.39 is 0 Å². The van der Waals surface area contributed by atoms with Crippen molar-refractivity contribution < 1.29 is 9.47 Å². The standard InChI is InChI=1S/C17H22BrNO2/c1-20-16-10-12(11-19-13-7-8-13)9-15(18)17(16)21-14-5-3-2-4-6-14/h3,5,9-10,13-14,19H,2,4,6-8,11H2,1H3. The molecule has 3 nitrogen and oxygen atoms in total. The first-order valence-corrected chi connectivity index (χ1v) is 8.48. The summed E-state index contributed by atoms with van der Waals surface area (Å²) in [4.78, 5) is 0. The van der Waals surface area contributed by atoms with Crippen LogP contribution in [-0.2, 0) is 6.54 Å². The summed E-state index contributed by atoms with van der Waals surface area (Å²) in [6.45, 7) is 0.878. The van der Waals surface area contributed by atoms with E-state index in [1.165, 1.54) is 24.8 Å². The molecule has 1 aromatic rings. The van der Waals surface area contributed by atoms with E-state index in [1.54, 1.807) is 7.11 Å². The number of allylic oxidation sites excluding steroid dienone is 1. The van der Waals surface area contributed by atoms with Crippen molar-refractivity contribution in [2.45, 2.75) is 50.8 Å². The Bertz CT molecular complexity index is 526. The van der Waals surface area contributed by atoms with Gasteiger partial charge in [-0.3, -0.25) is 0 Å². The van der Waals surface area contributed by atoms with Crippen LogP contribution >= 0.6 is 15.9 Å². The fourth-order valence-electron chi connectivity index (χ4n) is 2.57. The fourth-order valence-corrected chi connectivity index (χ4v) is 3.15. The highest BCUT2D eigenvalue weighted by molar-refractivity contribution is 9.10. The maximum Gasteiger partial charge on any atom is 0.176 e. The molecule has 1 fully saturated rings. The molecule has 1 unspecified atom stereocenters. The smallest absolute Gasteiger partial charge is 0.176 e. The molecule has 0 radical (unpaired) electrons. The van der Waals surface area contributed by atoms with E-state index >= 15 is 0 Å². The van der Waals surface area contributed by atoms with Gasteiger partial charge in [-0.2, -0.15) is 0 Å². The number of halogens is 1. The van der Waals surface area contributed by atoms with Crippen molar-refractivity contribution in [2.75, 3.05) is 7.11 Å². The maximum absolute atomic E-state index is 6.12. The van der Waals surface area contributed by atoms with Crippen molar-refractivity contribution in [2.24, 2.45) is 0 Å². The van der Waals surface area contributed by atoms with E-state index in [4.69, 9.17) is 9.47 Å². The van der Waals surface area contributed by atoms with Crippen LogP contribution in [0.25, 0.3) is 0 Å². The van der Waals surface area contributed by atoms with Crippen molar-refractivity contribution in [3.63, 3.8) is 0 Å². The first kappa shape index (κ1) is 14.9. The van der Waals surface area contributed by atoms with Gasteiger partial charge in [-0.25, -0.2) is 0 Å². The first-order chi connectivity index (χ1) is 10.3. The average molecular weight is 352 g/mol. The molecule has 114 valence electrons. The third-order valence-electron chi connectivity index (χ3n) is 3.94. The third kappa shape index (κ3) is 4.01. The number of nitrogens with one attached hydrogen (secondary N) is 1. The molecule has 3 rings (SSSR count). The van der Waals surface area contributed by atoms with Crippen molar-refractivity contribution >= 4 is 15.9 Å². The molecule has 4 heteroatoms. The highest BCUT2D eigenvalue weighted by Gasteiger charge is 2.21. The summed E-state index contributed by atoms with van der Waals surface area (Å²) in [6, 6.07) is 4.90. The summed E-state index contributed by atoms with van der Waals surface area (Å²) < 4.78 is 12.6. The van der Waals surface area contributed by atoms with Crippen LogP contribution in [-0.4, -0.2) is 19.3 Å². The number of ether oxygens (including phenoxy) is 2. The van der Waals surface area contributed by atoms with Gasteiger partial charge in [0.05, 0.1) is 11.6 Å². The minimum atomic E-state index is 0.152. The minimum absolute atomic E-state index is 0.152. The number of hydrogen-bond donors (Lipinski definition) is 1. The zero-order valence-electron chi connectivity index (χ0n) is 12.4. The molecule has 1 N–H and O–H groups in total. The van der Waals surface area contributed by atoms with Crippen LogP contribution in [0.15, 0.2) is 28.8 Å². The van der Waals surface area contributed by atoms with E-state index in [-0.39, 0.29) is 6.10 Å². The summed E-state index contributed by atoms with van der Waals surface area (Å²) in [6.07, 6.45) is 10.5. The fraction of sp³-hybridized carbons (Fsp3) is 0.529. The van der Waals surface area contributed by atoms with Gasteiger partial charge in [-0.15, -0.1) is 0 Å². The van der Waals surface area contributed by atoms with E-state index in [0.29, 0.717) is 6.04 Å². The Morgan fingerprint density at radius 1 is 1.29 bits per heavy atom. The van der Waals surface area contributed by atoms with Crippen molar-refractivity contribution in [1.29, 1.82) is 0 Å². The summed E-state index contributed by atoms with van der Waals surface area (Å²) in [5, 5.41) is 3.52. The van der Waals surface area contributed by atoms with Crippen LogP contribution in [0.3, 0.4) is 0 Å². The van der Waals surface area contributed by atoms with Crippen LogP contribution in [0.2, 0.25) is 0 Å². The summed E-state index contributed by atoms with van der Waals surface area (Å²) in [5.74, 6) is 1.61. The highest BCUT2D eigenvalue weighted by atomic mass is 79.9. The molecule has 0 spiro atoms. The number of hydrogen-bond acceptors (Lipinski definition) is 3. The predicted octanol–water partition coefficient (Wildman–Crippen LogP) is 4.20. The van der Waals surface area contributed by atoms with Crippen molar-refractivity contribution in [3.8, 4) is 11.5 Å². The third-order valence-corrected chi connectivity index (χ3v) is 4.53. The van der Waals surface area contributed by atoms with E-state index in [2.05, 4.69) is 45.5 Å². The second-order valence-corrected chi connectivity index (χ2v) is 6.63. The topological polar surface area (TPSA) is 30.5 Å². The lowest BCUT2D eigenvalue weighted by Crippen LogP contribution is -2.17. The number of rotatable bonds is 6. The van der Waals surface area contributed by atoms with Crippen LogP contribution < -0.4 is 14.8 Å². The molecule has 0 heterocycles. The van der Waals surface area contributed by atoms with Gasteiger partial charge >= 0.3 is 0 Å². The monoisotopic (exact) mass is 351 g/mol. The lowest BCUT2D eigenvalue weighted by molar-refractivity contribution is 0.218. The van der Waals surface area contributed by atoms with Gasteiger partial charge < -0.3 is 14.8 Å². The second-order valence-electron chi connectivity index (χ2n) is 5.78. The van der Waals surface area contributed by atoms with Crippen LogP contribution in [0.1, 0.15) is 37.7 Å². The SMILES string of the molecule is COc1cc(CNC2CC2)cc(Br)c1OC1C=CCCC1. The second kappa shape index (κ2) is 6.84. The molecule has 0 aromatic heterocycles. The molecule has 21 heavy (non-hydrogen) atoms. The van der Waals surface area contributed by atoms with E-state index in [1.807, 2.05) is 0 Å². The highest BCUT2D eigenvalue weighted by Crippen LogP contribution is 2.38. The Morgan fingerprint density at radius 3 is 2.81 bits per heavy atom. The number of benzene rings is 1. The van der Waals surface area contributed by atoms with E-state index in [0.717, 1.165) is 35.4 Å². The Labute approximate surface area is 134 Å². The van der Waals surface area contributed by atoms with Gasteiger partial charge in [0.2, 0.25) is 0 Å². The van der Waals surface area contributed by atoms with Gasteiger partial charge in [0.25, 0.3) is 0 Å².